The van der Waals surface area contributed by atoms with Crippen molar-refractivity contribution in [2.45, 2.75) is 26.9 Å². The van der Waals surface area contributed by atoms with Crippen LogP contribution in [-0.2, 0) is 20.1 Å². The molecular weight excluding hydrogens is 267 g/mol. The highest BCUT2D eigenvalue weighted by Gasteiger charge is 2.14. The molecule has 0 saturated heterocycles. The maximum atomic E-state index is 13.2. The van der Waals surface area contributed by atoms with E-state index in [4.69, 9.17) is 16.3 Å². The van der Waals surface area contributed by atoms with Crippen LogP contribution in [0, 0.1) is 12.7 Å². The van der Waals surface area contributed by atoms with Crippen LogP contribution in [-0.4, -0.2) is 9.78 Å². The average molecular weight is 283 g/mol. The van der Waals surface area contributed by atoms with Gasteiger partial charge in [0.05, 0.1) is 16.4 Å². The lowest BCUT2D eigenvalue weighted by atomic mass is 10.2. The molecule has 0 N–H and O–H groups in total. The monoisotopic (exact) mass is 282 g/mol. The van der Waals surface area contributed by atoms with Gasteiger partial charge in [0.1, 0.15) is 18.2 Å². The van der Waals surface area contributed by atoms with Gasteiger partial charge in [0.15, 0.2) is 0 Å². The van der Waals surface area contributed by atoms with Crippen LogP contribution in [0.15, 0.2) is 18.2 Å². The molecule has 0 unspecified atom stereocenters. The fraction of sp³-hybridized carbons (Fsp3) is 0.357. The topological polar surface area (TPSA) is 27.1 Å². The third-order valence-corrected chi connectivity index (χ3v) is 3.45. The van der Waals surface area contributed by atoms with E-state index in [1.54, 1.807) is 10.7 Å². The number of hydrogen-bond donors (Lipinski definition) is 0. The quantitative estimate of drug-likeness (QED) is 0.856. The molecule has 1 aromatic heterocycles. The summed E-state index contributed by atoms with van der Waals surface area (Å²) in [7, 11) is 1.82. The van der Waals surface area contributed by atoms with Gasteiger partial charge in [-0.25, -0.2) is 4.39 Å². The normalized spacial score (nSPS) is 10.8. The molecule has 1 aromatic carbocycles. The molecule has 0 saturated carbocycles. The van der Waals surface area contributed by atoms with E-state index in [-0.39, 0.29) is 12.4 Å². The Hall–Kier alpha value is -1.55. The van der Waals surface area contributed by atoms with E-state index in [0.29, 0.717) is 10.8 Å². The van der Waals surface area contributed by atoms with Crippen LogP contribution < -0.4 is 4.74 Å². The van der Waals surface area contributed by atoms with E-state index in [9.17, 15) is 4.39 Å². The second kappa shape index (κ2) is 5.61. The van der Waals surface area contributed by atoms with Crippen molar-refractivity contribution in [3.63, 3.8) is 0 Å². The largest absolute Gasteiger partial charge is 0.487 e. The highest BCUT2D eigenvalue weighted by molar-refractivity contribution is 6.31. The first-order chi connectivity index (χ1) is 9.02. The van der Waals surface area contributed by atoms with Crippen molar-refractivity contribution in [2.75, 3.05) is 0 Å². The van der Waals surface area contributed by atoms with Crippen molar-refractivity contribution < 1.29 is 9.13 Å². The summed E-state index contributed by atoms with van der Waals surface area (Å²) in [5, 5.41) is 4.94. The number of benzene rings is 1. The maximum Gasteiger partial charge on any atom is 0.131 e. The fourth-order valence-electron chi connectivity index (χ4n) is 1.85. The van der Waals surface area contributed by atoms with Crippen LogP contribution in [0.3, 0.4) is 0 Å². The standard InChI is InChI=1S/C14H16ClFN2O/c1-4-11-14(15)12(18(3)17-11)8-19-13-7-10(16)6-5-9(13)2/h5-7H,4,8H2,1-3H3. The average Bonchev–Trinajstić information content (AvgIpc) is 2.66. The van der Waals surface area contributed by atoms with Crippen LogP contribution in [0.4, 0.5) is 4.39 Å². The number of rotatable bonds is 4. The first-order valence-corrected chi connectivity index (χ1v) is 6.50. The molecule has 3 nitrogen and oxygen atoms in total. The Labute approximate surface area is 117 Å². The SMILES string of the molecule is CCc1nn(C)c(COc2cc(F)ccc2C)c1Cl. The Morgan fingerprint density at radius 1 is 1.42 bits per heavy atom. The second-order valence-corrected chi connectivity index (χ2v) is 4.76. The van der Waals surface area contributed by atoms with Crippen molar-refractivity contribution >= 4 is 11.6 Å². The molecular formula is C14H16ClFN2O. The molecule has 0 radical (unpaired) electrons. The summed E-state index contributed by atoms with van der Waals surface area (Å²) in [6.07, 6.45) is 0.770. The second-order valence-electron chi connectivity index (χ2n) is 4.38. The predicted molar refractivity (Wildman–Crippen MR) is 73.1 cm³/mol. The Balaban J connectivity index is 2.19. The number of hydrogen-bond acceptors (Lipinski definition) is 2. The van der Waals surface area contributed by atoms with Crippen molar-refractivity contribution in [3.8, 4) is 5.75 Å². The minimum atomic E-state index is -0.314. The summed E-state index contributed by atoms with van der Waals surface area (Å²) in [6, 6.07) is 4.47. The fourth-order valence-corrected chi connectivity index (χ4v) is 2.20. The number of aromatic nitrogens is 2. The minimum absolute atomic E-state index is 0.270. The van der Waals surface area contributed by atoms with Gasteiger partial charge in [-0.3, -0.25) is 4.68 Å². The lowest BCUT2D eigenvalue weighted by molar-refractivity contribution is 0.291. The van der Waals surface area contributed by atoms with Gasteiger partial charge in [0, 0.05) is 13.1 Å². The lowest BCUT2D eigenvalue weighted by Crippen LogP contribution is -2.04. The van der Waals surface area contributed by atoms with Gasteiger partial charge in [-0.05, 0) is 25.0 Å². The van der Waals surface area contributed by atoms with Crippen LogP contribution in [0.1, 0.15) is 23.9 Å². The highest BCUT2D eigenvalue weighted by Crippen LogP contribution is 2.24. The number of ether oxygens (including phenoxy) is 1. The van der Waals surface area contributed by atoms with Gasteiger partial charge in [-0.1, -0.05) is 24.6 Å². The number of nitrogens with zero attached hydrogens (tertiary/aromatic N) is 2. The third kappa shape index (κ3) is 2.89. The molecule has 19 heavy (non-hydrogen) atoms. The van der Waals surface area contributed by atoms with E-state index < -0.39 is 0 Å². The maximum absolute atomic E-state index is 13.2. The zero-order chi connectivity index (χ0) is 14.0. The van der Waals surface area contributed by atoms with Crippen molar-refractivity contribution in [1.29, 1.82) is 0 Å². The summed E-state index contributed by atoms with van der Waals surface area (Å²) >= 11 is 6.23. The highest BCUT2D eigenvalue weighted by atomic mass is 35.5. The molecule has 102 valence electrons. The van der Waals surface area contributed by atoms with Crippen LogP contribution in [0.5, 0.6) is 5.75 Å². The summed E-state index contributed by atoms with van der Waals surface area (Å²) in [6.45, 7) is 4.14. The molecule has 2 rings (SSSR count). The molecule has 0 aliphatic rings. The Morgan fingerprint density at radius 3 is 2.79 bits per heavy atom. The number of halogens is 2. The van der Waals surface area contributed by atoms with Crippen molar-refractivity contribution in [1.82, 2.24) is 9.78 Å². The van der Waals surface area contributed by atoms with E-state index in [0.717, 1.165) is 23.4 Å². The van der Waals surface area contributed by atoms with Crippen molar-refractivity contribution in [3.05, 3.63) is 46.0 Å². The Kier molecular flexibility index (Phi) is 4.10. The zero-order valence-corrected chi connectivity index (χ0v) is 12.0. The molecule has 1 heterocycles. The molecule has 0 spiro atoms. The summed E-state index contributed by atoms with van der Waals surface area (Å²) in [5.74, 6) is 0.210. The first kappa shape index (κ1) is 13.9. The molecule has 0 bridgehead atoms. The molecule has 0 aliphatic carbocycles. The predicted octanol–water partition coefficient (Wildman–Crippen LogP) is 3.66. The third-order valence-electron chi connectivity index (χ3n) is 3.02. The first-order valence-electron chi connectivity index (χ1n) is 6.12. The smallest absolute Gasteiger partial charge is 0.131 e. The van der Waals surface area contributed by atoms with Crippen LogP contribution >= 0.6 is 11.6 Å². The van der Waals surface area contributed by atoms with E-state index in [1.807, 2.05) is 20.9 Å². The molecule has 0 aliphatic heterocycles. The molecule has 0 amide bonds. The van der Waals surface area contributed by atoms with Gasteiger partial charge < -0.3 is 4.74 Å². The van der Waals surface area contributed by atoms with E-state index >= 15 is 0 Å². The summed E-state index contributed by atoms with van der Waals surface area (Å²) in [5.41, 5.74) is 2.52. The van der Waals surface area contributed by atoms with E-state index in [1.165, 1.54) is 12.1 Å². The van der Waals surface area contributed by atoms with Gasteiger partial charge >= 0.3 is 0 Å². The Bertz CT molecular complexity index is 595. The minimum Gasteiger partial charge on any atom is -0.487 e. The van der Waals surface area contributed by atoms with Crippen LogP contribution in [0.25, 0.3) is 0 Å². The van der Waals surface area contributed by atoms with Gasteiger partial charge in [-0.15, -0.1) is 0 Å². The molecule has 0 fully saturated rings. The molecule has 2 aromatic rings. The Morgan fingerprint density at radius 2 is 2.16 bits per heavy atom. The summed E-state index contributed by atoms with van der Waals surface area (Å²) in [4.78, 5) is 0. The number of aryl methyl sites for hydroxylation is 3. The van der Waals surface area contributed by atoms with Gasteiger partial charge in [0.2, 0.25) is 0 Å². The van der Waals surface area contributed by atoms with Gasteiger partial charge in [-0.2, -0.15) is 5.10 Å². The molecule has 5 heteroatoms. The lowest BCUT2D eigenvalue weighted by Gasteiger charge is -2.09. The summed E-state index contributed by atoms with van der Waals surface area (Å²) < 4.78 is 20.5. The zero-order valence-electron chi connectivity index (χ0n) is 11.2. The van der Waals surface area contributed by atoms with E-state index in [2.05, 4.69) is 5.10 Å². The van der Waals surface area contributed by atoms with Crippen LogP contribution in [0.2, 0.25) is 5.02 Å². The van der Waals surface area contributed by atoms with Crippen molar-refractivity contribution in [2.24, 2.45) is 7.05 Å². The molecule has 0 atom stereocenters. The van der Waals surface area contributed by atoms with Gasteiger partial charge in [0.25, 0.3) is 0 Å².